The van der Waals surface area contributed by atoms with E-state index in [4.69, 9.17) is 17.3 Å². The molecule has 1 fully saturated rings. The van der Waals surface area contributed by atoms with Gasteiger partial charge in [0.05, 0.1) is 0 Å². The lowest BCUT2D eigenvalue weighted by Gasteiger charge is -2.44. The molecule has 0 bridgehead atoms. The summed E-state index contributed by atoms with van der Waals surface area (Å²) in [6, 6.07) is 4.21. The zero-order valence-electron chi connectivity index (χ0n) is 16.7. The first-order chi connectivity index (χ1) is 14.2. The van der Waals surface area contributed by atoms with Gasteiger partial charge in [-0.2, -0.15) is 13.2 Å². The molecule has 1 amide bonds. The second-order valence-electron chi connectivity index (χ2n) is 7.83. The van der Waals surface area contributed by atoms with E-state index >= 15 is 0 Å². The van der Waals surface area contributed by atoms with Gasteiger partial charge >= 0.3 is 6.18 Å². The van der Waals surface area contributed by atoms with Gasteiger partial charge in [-0.1, -0.05) is 11.6 Å². The number of carbonyl (C=O) groups is 1. The van der Waals surface area contributed by atoms with E-state index in [2.05, 4.69) is 10.2 Å². The number of nitrogens with two attached hydrogens (primary N) is 1. The highest BCUT2D eigenvalue weighted by molar-refractivity contribution is 6.30. The Hall–Kier alpha value is -1.62. The first-order valence-electron chi connectivity index (χ1n) is 9.63. The van der Waals surface area contributed by atoms with Crippen molar-refractivity contribution in [2.75, 3.05) is 13.1 Å². The molecule has 2 heterocycles. The summed E-state index contributed by atoms with van der Waals surface area (Å²) in [5.74, 6) is -2.40. The third-order valence-electron chi connectivity index (χ3n) is 6.26. The Labute approximate surface area is 199 Å². The number of alkyl halides is 3. The van der Waals surface area contributed by atoms with Crippen LogP contribution < -0.4 is 5.73 Å². The number of carbonyl (C=O) groups excluding carboxylic acids is 1. The second kappa shape index (κ2) is 9.70. The Kier molecular flexibility index (Phi) is 8.08. The first kappa shape index (κ1) is 26.6. The number of nitrogens with zero attached hydrogens (tertiary/aromatic N) is 4. The van der Waals surface area contributed by atoms with Crippen LogP contribution in [0.1, 0.15) is 47.7 Å². The predicted octanol–water partition coefficient (Wildman–Crippen LogP) is 4.23. The zero-order valence-corrected chi connectivity index (χ0v) is 19.1. The molecule has 0 unspecified atom stereocenters. The normalized spacial score (nSPS) is 23.2. The number of rotatable bonds is 3. The van der Waals surface area contributed by atoms with Crippen molar-refractivity contribution in [3.8, 4) is 0 Å². The highest BCUT2D eigenvalue weighted by atomic mass is 35.5. The van der Waals surface area contributed by atoms with E-state index in [1.807, 2.05) is 0 Å². The van der Waals surface area contributed by atoms with Gasteiger partial charge in [0.25, 0.3) is 5.91 Å². The smallest absolute Gasteiger partial charge is 0.331 e. The van der Waals surface area contributed by atoms with Crippen molar-refractivity contribution in [3.63, 3.8) is 0 Å². The molecule has 0 spiro atoms. The van der Waals surface area contributed by atoms with Gasteiger partial charge in [-0.25, -0.2) is 4.39 Å². The van der Waals surface area contributed by atoms with Crippen LogP contribution in [0.2, 0.25) is 5.02 Å². The molecule has 2 aromatic rings. The van der Waals surface area contributed by atoms with Crippen LogP contribution in [0.25, 0.3) is 0 Å². The van der Waals surface area contributed by atoms with Crippen LogP contribution in [-0.2, 0) is 18.1 Å². The van der Waals surface area contributed by atoms with Crippen LogP contribution >= 0.6 is 36.4 Å². The van der Waals surface area contributed by atoms with Gasteiger partial charge in [-0.15, -0.1) is 35.0 Å². The van der Waals surface area contributed by atoms with Crippen molar-refractivity contribution in [3.05, 3.63) is 46.3 Å². The fraction of sp³-hybridized carbons (Fsp3) is 0.526. The van der Waals surface area contributed by atoms with E-state index in [1.54, 1.807) is 11.0 Å². The third kappa shape index (κ3) is 4.55. The number of halogens is 7. The Bertz CT molecular complexity index is 976. The molecule has 4 rings (SSSR count). The largest absolute Gasteiger partial charge is 0.451 e. The maximum Gasteiger partial charge on any atom is 0.451 e. The number of hydrogen-bond acceptors (Lipinski definition) is 4. The minimum Gasteiger partial charge on any atom is -0.331 e. The summed E-state index contributed by atoms with van der Waals surface area (Å²) in [6.45, 7) is 0.345. The molecule has 1 saturated carbocycles. The summed E-state index contributed by atoms with van der Waals surface area (Å²) in [6.07, 6.45) is -2.49. The minimum atomic E-state index is -4.67. The van der Waals surface area contributed by atoms with Crippen LogP contribution in [-0.4, -0.2) is 44.7 Å². The van der Waals surface area contributed by atoms with E-state index in [1.165, 1.54) is 12.1 Å². The van der Waals surface area contributed by atoms with Crippen molar-refractivity contribution < 1.29 is 22.4 Å². The SMILES string of the molecule is Cl.Cl.NCC1(c2cc(Cl)ccc2F)CCC(N2CCn3c(nnc3C(F)(F)F)C2=O)CC1. The maximum absolute atomic E-state index is 14.5. The number of benzene rings is 1. The standard InChI is InChI=1S/C19H20ClF4N5O.2ClH/c20-11-1-2-14(21)13(9-11)18(10-25)5-3-12(4-6-18)28-7-8-29-15(16(28)30)26-27-17(29)19(22,23)24;;/h1-2,9,12H,3-8,10,25H2;2*1H. The molecule has 0 saturated heterocycles. The monoisotopic (exact) mass is 517 g/mol. The van der Waals surface area contributed by atoms with Gasteiger partial charge in [0.15, 0.2) is 0 Å². The van der Waals surface area contributed by atoms with Gasteiger partial charge in [0.1, 0.15) is 5.82 Å². The second-order valence-corrected chi connectivity index (χ2v) is 8.27. The van der Waals surface area contributed by atoms with Gasteiger partial charge in [-0.3, -0.25) is 9.36 Å². The topological polar surface area (TPSA) is 77.0 Å². The quantitative estimate of drug-likeness (QED) is 0.617. The van der Waals surface area contributed by atoms with Crippen molar-refractivity contribution in [1.82, 2.24) is 19.7 Å². The average molecular weight is 519 g/mol. The lowest BCUT2D eigenvalue weighted by Crippen LogP contribution is -2.51. The molecule has 2 N–H and O–H groups in total. The van der Waals surface area contributed by atoms with Crippen molar-refractivity contribution in [2.24, 2.45) is 5.73 Å². The maximum atomic E-state index is 14.5. The Morgan fingerprint density at radius 3 is 2.41 bits per heavy atom. The number of hydrogen-bond donors (Lipinski definition) is 1. The van der Waals surface area contributed by atoms with Gasteiger partial charge < -0.3 is 10.6 Å². The molecule has 0 radical (unpaired) electrons. The van der Waals surface area contributed by atoms with E-state index in [0.29, 0.717) is 36.3 Å². The Morgan fingerprint density at radius 1 is 1.16 bits per heavy atom. The van der Waals surface area contributed by atoms with Crippen molar-refractivity contribution in [2.45, 2.75) is 49.9 Å². The summed E-state index contributed by atoms with van der Waals surface area (Å²) >= 11 is 6.05. The van der Waals surface area contributed by atoms with Crippen LogP contribution in [0.5, 0.6) is 0 Å². The fourth-order valence-corrected chi connectivity index (χ4v) is 4.80. The van der Waals surface area contributed by atoms with Crippen LogP contribution in [0, 0.1) is 5.82 Å². The molecule has 178 valence electrons. The molecule has 0 atom stereocenters. The lowest BCUT2D eigenvalue weighted by molar-refractivity contribution is -0.147. The molecule has 1 aromatic carbocycles. The number of aromatic nitrogens is 3. The van der Waals surface area contributed by atoms with Crippen LogP contribution in [0.3, 0.4) is 0 Å². The lowest BCUT2D eigenvalue weighted by atomic mass is 9.67. The summed E-state index contributed by atoms with van der Waals surface area (Å²) < 4.78 is 54.4. The Morgan fingerprint density at radius 2 is 1.81 bits per heavy atom. The average Bonchev–Trinajstić information content (AvgIpc) is 3.16. The molecule has 1 aromatic heterocycles. The molecule has 1 aliphatic carbocycles. The van der Waals surface area contributed by atoms with E-state index in [-0.39, 0.29) is 62.1 Å². The molecule has 6 nitrogen and oxygen atoms in total. The highest BCUT2D eigenvalue weighted by Crippen LogP contribution is 2.42. The summed E-state index contributed by atoms with van der Waals surface area (Å²) in [7, 11) is 0. The highest BCUT2D eigenvalue weighted by Gasteiger charge is 2.44. The van der Waals surface area contributed by atoms with Crippen molar-refractivity contribution in [1.29, 1.82) is 0 Å². The molecule has 13 heteroatoms. The molecule has 2 aliphatic rings. The zero-order chi connectivity index (χ0) is 21.7. The number of fused-ring (bicyclic) bond motifs is 1. The summed E-state index contributed by atoms with van der Waals surface area (Å²) in [5, 5.41) is 7.07. The van der Waals surface area contributed by atoms with E-state index in [0.717, 1.165) is 4.57 Å². The van der Waals surface area contributed by atoms with Gasteiger partial charge in [0.2, 0.25) is 11.6 Å². The van der Waals surface area contributed by atoms with Gasteiger partial charge in [-0.05, 0) is 49.4 Å². The fourth-order valence-electron chi connectivity index (χ4n) is 4.62. The van der Waals surface area contributed by atoms with Crippen molar-refractivity contribution >= 4 is 42.3 Å². The van der Waals surface area contributed by atoms with E-state index in [9.17, 15) is 22.4 Å². The summed E-state index contributed by atoms with van der Waals surface area (Å²) in [5.41, 5.74) is 5.91. The van der Waals surface area contributed by atoms with E-state index < -0.39 is 23.3 Å². The molecular weight excluding hydrogens is 497 g/mol. The molecule has 1 aliphatic heterocycles. The van der Waals surface area contributed by atoms with Crippen LogP contribution in [0.15, 0.2) is 18.2 Å². The Balaban J connectivity index is 0.00000181. The first-order valence-corrected chi connectivity index (χ1v) is 10.0. The molecular formula is C19H22Cl3F4N5O. The number of amides is 1. The van der Waals surface area contributed by atoms with Gasteiger partial charge in [0, 0.05) is 36.1 Å². The summed E-state index contributed by atoms with van der Waals surface area (Å²) in [4.78, 5) is 14.3. The van der Waals surface area contributed by atoms with Crippen LogP contribution in [0.4, 0.5) is 17.6 Å². The third-order valence-corrected chi connectivity index (χ3v) is 6.50. The molecule has 32 heavy (non-hydrogen) atoms. The minimum absolute atomic E-state index is 0. The predicted molar refractivity (Wildman–Crippen MR) is 115 cm³/mol.